The van der Waals surface area contributed by atoms with Crippen LogP contribution in [0, 0.1) is 6.92 Å². The van der Waals surface area contributed by atoms with Gasteiger partial charge in [0.2, 0.25) is 5.91 Å². The Hall–Kier alpha value is -1.00. The van der Waals surface area contributed by atoms with E-state index in [4.69, 9.17) is 0 Å². The zero-order valence-corrected chi connectivity index (χ0v) is 13.6. The number of nitrogens with zero attached hydrogens (tertiary/aromatic N) is 1. The molecule has 1 amide bonds. The van der Waals surface area contributed by atoms with Crippen molar-refractivity contribution in [2.24, 2.45) is 0 Å². The lowest BCUT2D eigenvalue weighted by molar-refractivity contribution is -0.132. The van der Waals surface area contributed by atoms with Gasteiger partial charge < -0.3 is 4.90 Å². The number of hydrogen-bond donors (Lipinski definition) is 1. The smallest absolute Gasteiger partial charge is 0.240 e. The summed E-state index contributed by atoms with van der Waals surface area (Å²) in [4.78, 5) is 14.2. The second-order valence-corrected chi connectivity index (χ2v) is 7.25. The zero-order valence-electron chi connectivity index (χ0n) is 12.8. The van der Waals surface area contributed by atoms with Gasteiger partial charge in [-0.2, -0.15) is 0 Å². The molecule has 0 aromatic heterocycles. The molecule has 3 nitrogen and oxygen atoms in total. The summed E-state index contributed by atoms with van der Waals surface area (Å²) in [5.74, 6) is 1.97. The standard InChI is InChI=1S/C16H24N2OS/c1-12-5-7-13(8-6-12)16(2,3)10-18(4)15(19)14-9-20-11-17-14/h5-8,14,17H,9-11H2,1-4H3. The topological polar surface area (TPSA) is 32.3 Å². The van der Waals surface area contributed by atoms with Crippen molar-refractivity contribution < 1.29 is 4.79 Å². The Balaban J connectivity index is 2.03. The Morgan fingerprint density at radius 2 is 2.05 bits per heavy atom. The van der Waals surface area contributed by atoms with Crippen LogP contribution in [-0.4, -0.2) is 42.1 Å². The molecule has 1 aliphatic heterocycles. The molecule has 20 heavy (non-hydrogen) atoms. The molecule has 1 N–H and O–H groups in total. The SMILES string of the molecule is Cc1ccc(C(C)(C)CN(C)C(=O)C2CSCN2)cc1. The molecule has 0 radical (unpaired) electrons. The Morgan fingerprint density at radius 1 is 1.40 bits per heavy atom. The van der Waals surface area contributed by atoms with E-state index in [2.05, 4.69) is 50.4 Å². The maximum absolute atomic E-state index is 12.4. The third-order valence-corrected chi connectivity index (χ3v) is 4.80. The molecule has 1 aliphatic rings. The molecule has 2 rings (SSSR count). The van der Waals surface area contributed by atoms with Crippen molar-refractivity contribution in [3.05, 3.63) is 35.4 Å². The predicted octanol–water partition coefficient (Wildman–Crippen LogP) is 2.39. The molecule has 0 spiro atoms. The van der Waals surface area contributed by atoms with E-state index in [1.165, 1.54) is 11.1 Å². The van der Waals surface area contributed by atoms with Gasteiger partial charge in [0.15, 0.2) is 0 Å². The highest BCUT2D eigenvalue weighted by Gasteiger charge is 2.29. The number of rotatable bonds is 4. The molecule has 0 aliphatic carbocycles. The molecular weight excluding hydrogens is 268 g/mol. The van der Waals surface area contributed by atoms with Crippen molar-refractivity contribution in [3.8, 4) is 0 Å². The van der Waals surface area contributed by atoms with Gasteiger partial charge in [0, 0.05) is 30.6 Å². The Labute approximate surface area is 126 Å². The van der Waals surface area contributed by atoms with E-state index in [1.807, 2.05) is 11.9 Å². The fraction of sp³-hybridized carbons (Fsp3) is 0.562. The van der Waals surface area contributed by atoms with E-state index < -0.39 is 0 Å². The van der Waals surface area contributed by atoms with Crippen LogP contribution in [0.1, 0.15) is 25.0 Å². The average Bonchev–Trinajstić information content (AvgIpc) is 2.91. The van der Waals surface area contributed by atoms with Gasteiger partial charge >= 0.3 is 0 Å². The van der Waals surface area contributed by atoms with Crippen LogP contribution in [0.4, 0.5) is 0 Å². The van der Waals surface area contributed by atoms with Crippen molar-refractivity contribution in [3.63, 3.8) is 0 Å². The van der Waals surface area contributed by atoms with Crippen LogP contribution in [0.25, 0.3) is 0 Å². The third kappa shape index (κ3) is 3.55. The first-order valence-corrected chi connectivity index (χ1v) is 8.19. The third-order valence-electron chi connectivity index (χ3n) is 3.86. The highest BCUT2D eigenvalue weighted by Crippen LogP contribution is 2.25. The highest BCUT2D eigenvalue weighted by molar-refractivity contribution is 7.99. The quantitative estimate of drug-likeness (QED) is 0.925. The van der Waals surface area contributed by atoms with Crippen molar-refractivity contribution in [1.82, 2.24) is 10.2 Å². The van der Waals surface area contributed by atoms with E-state index in [0.717, 1.165) is 18.2 Å². The molecule has 1 atom stereocenters. The molecule has 0 bridgehead atoms. The lowest BCUT2D eigenvalue weighted by atomic mass is 9.83. The van der Waals surface area contributed by atoms with Crippen LogP contribution in [-0.2, 0) is 10.2 Å². The Bertz CT molecular complexity index is 464. The number of nitrogens with one attached hydrogen (secondary N) is 1. The maximum atomic E-state index is 12.4. The number of thioether (sulfide) groups is 1. The van der Waals surface area contributed by atoms with Crippen molar-refractivity contribution >= 4 is 17.7 Å². The van der Waals surface area contributed by atoms with Crippen LogP contribution < -0.4 is 5.32 Å². The van der Waals surface area contributed by atoms with E-state index in [0.29, 0.717) is 0 Å². The van der Waals surface area contributed by atoms with Gasteiger partial charge in [-0.05, 0) is 12.5 Å². The lowest BCUT2D eigenvalue weighted by Crippen LogP contribution is -2.47. The number of hydrogen-bond acceptors (Lipinski definition) is 3. The largest absolute Gasteiger partial charge is 0.344 e. The summed E-state index contributed by atoms with van der Waals surface area (Å²) in [6.07, 6.45) is 0. The number of benzene rings is 1. The van der Waals surface area contributed by atoms with Crippen LogP contribution >= 0.6 is 11.8 Å². The molecular formula is C16H24N2OS. The van der Waals surface area contributed by atoms with Crippen LogP contribution in [0.2, 0.25) is 0 Å². The maximum Gasteiger partial charge on any atom is 0.240 e. The summed E-state index contributed by atoms with van der Waals surface area (Å²) in [7, 11) is 1.91. The van der Waals surface area contributed by atoms with E-state index in [-0.39, 0.29) is 17.4 Å². The second kappa shape index (κ2) is 6.19. The highest BCUT2D eigenvalue weighted by atomic mass is 32.2. The number of carbonyl (C=O) groups excluding carboxylic acids is 1. The van der Waals surface area contributed by atoms with Gasteiger partial charge in [0.05, 0.1) is 6.04 Å². The van der Waals surface area contributed by atoms with E-state index in [9.17, 15) is 4.79 Å². The van der Waals surface area contributed by atoms with Gasteiger partial charge in [0.1, 0.15) is 0 Å². The van der Waals surface area contributed by atoms with Gasteiger partial charge in [-0.1, -0.05) is 43.7 Å². The average molecular weight is 292 g/mol. The summed E-state index contributed by atoms with van der Waals surface area (Å²) >= 11 is 1.79. The lowest BCUT2D eigenvalue weighted by Gasteiger charge is -2.32. The summed E-state index contributed by atoms with van der Waals surface area (Å²) in [5, 5.41) is 3.24. The fourth-order valence-electron chi connectivity index (χ4n) is 2.59. The minimum Gasteiger partial charge on any atom is -0.344 e. The van der Waals surface area contributed by atoms with Crippen molar-refractivity contribution in [2.75, 3.05) is 25.2 Å². The summed E-state index contributed by atoms with van der Waals surface area (Å²) in [5.41, 5.74) is 2.50. The Kier molecular flexibility index (Phi) is 4.76. The molecule has 1 heterocycles. The number of amides is 1. The van der Waals surface area contributed by atoms with E-state index >= 15 is 0 Å². The van der Waals surface area contributed by atoms with Crippen LogP contribution in [0.15, 0.2) is 24.3 Å². The normalized spacial score (nSPS) is 19.1. The summed E-state index contributed by atoms with van der Waals surface area (Å²) in [6, 6.07) is 8.58. The van der Waals surface area contributed by atoms with Gasteiger partial charge in [-0.3, -0.25) is 10.1 Å². The molecule has 110 valence electrons. The van der Waals surface area contributed by atoms with Crippen molar-refractivity contribution in [2.45, 2.75) is 32.2 Å². The fourth-order valence-corrected chi connectivity index (χ4v) is 3.52. The van der Waals surface area contributed by atoms with Crippen LogP contribution in [0.5, 0.6) is 0 Å². The minimum absolute atomic E-state index is 0.0150. The molecule has 1 aromatic carbocycles. The molecule has 1 unspecified atom stereocenters. The van der Waals surface area contributed by atoms with Gasteiger partial charge in [-0.15, -0.1) is 11.8 Å². The second-order valence-electron chi connectivity index (χ2n) is 6.22. The monoisotopic (exact) mass is 292 g/mol. The number of likely N-dealkylation sites (N-methyl/N-ethyl adjacent to an activating group) is 1. The Morgan fingerprint density at radius 3 is 2.60 bits per heavy atom. The van der Waals surface area contributed by atoms with Crippen LogP contribution in [0.3, 0.4) is 0 Å². The predicted molar refractivity (Wildman–Crippen MR) is 86.1 cm³/mol. The van der Waals surface area contributed by atoms with E-state index in [1.54, 1.807) is 11.8 Å². The first-order chi connectivity index (χ1) is 9.40. The first-order valence-electron chi connectivity index (χ1n) is 7.03. The number of aryl methyl sites for hydroxylation is 1. The van der Waals surface area contributed by atoms with Crippen molar-refractivity contribution in [1.29, 1.82) is 0 Å². The minimum atomic E-state index is -0.0378. The zero-order chi connectivity index (χ0) is 14.8. The summed E-state index contributed by atoms with van der Waals surface area (Å²) in [6.45, 7) is 7.21. The molecule has 1 aromatic rings. The van der Waals surface area contributed by atoms with Gasteiger partial charge in [0.25, 0.3) is 0 Å². The summed E-state index contributed by atoms with van der Waals surface area (Å²) < 4.78 is 0. The van der Waals surface area contributed by atoms with Gasteiger partial charge in [-0.25, -0.2) is 0 Å². The first kappa shape index (κ1) is 15.4. The molecule has 1 fully saturated rings. The molecule has 4 heteroatoms. The molecule has 0 saturated carbocycles. The molecule has 1 saturated heterocycles. The number of carbonyl (C=O) groups is 1.